The molecule has 4 heteroatoms. The van der Waals surface area contributed by atoms with Crippen LogP contribution in [-0.4, -0.2) is 27.9 Å². The van der Waals surface area contributed by atoms with Crippen LogP contribution in [0, 0.1) is 0 Å². The zero-order valence-corrected chi connectivity index (χ0v) is 12.6. The second kappa shape index (κ2) is 5.73. The molecule has 1 unspecified atom stereocenters. The lowest BCUT2D eigenvalue weighted by Crippen LogP contribution is -2.69. The number of imide groups is 1. The Morgan fingerprint density at radius 3 is 1.82 bits per heavy atom. The second-order valence-corrected chi connectivity index (χ2v) is 5.45. The predicted molar refractivity (Wildman–Crippen MR) is 83.6 cm³/mol. The van der Waals surface area contributed by atoms with Gasteiger partial charge in [-0.25, -0.2) is 5.01 Å². The fraction of sp³-hybridized carbons (Fsp3) is 0.222. The van der Waals surface area contributed by atoms with E-state index in [1.165, 1.54) is 11.9 Å². The van der Waals surface area contributed by atoms with Crippen LogP contribution in [0.15, 0.2) is 60.7 Å². The van der Waals surface area contributed by atoms with Crippen molar-refractivity contribution in [2.75, 3.05) is 0 Å². The Balaban J connectivity index is 2.07. The van der Waals surface area contributed by atoms with Crippen molar-refractivity contribution in [3.05, 3.63) is 71.8 Å². The SMILES string of the molecule is CC(=O)N1C(=O)C(C)N1C(c1ccccc1)c1ccccc1. The van der Waals surface area contributed by atoms with Crippen molar-refractivity contribution in [1.29, 1.82) is 0 Å². The van der Waals surface area contributed by atoms with Crippen LogP contribution in [0.25, 0.3) is 0 Å². The average Bonchev–Trinajstić information content (AvgIpc) is 2.55. The highest BCUT2D eigenvalue weighted by atomic mass is 16.2. The van der Waals surface area contributed by atoms with E-state index in [1.807, 2.05) is 72.6 Å². The first-order valence-electron chi connectivity index (χ1n) is 7.34. The van der Waals surface area contributed by atoms with Crippen molar-refractivity contribution in [1.82, 2.24) is 10.0 Å². The Kier molecular flexibility index (Phi) is 3.77. The summed E-state index contributed by atoms with van der Waals surface area (Å²) in [7, 11) is 0. The zero-order valence-electron chi connectivity index (χ0n) is 12.6. The number of hydrazine groups is 1. The highest BCUT2D eigenvalue weighted by Crippen LogP contribution is 2.36. The number of amides is 2. The molecule has 2 aromatic carbocycles. The Morgan fingerprint density at radius 2 is 1.41 bits per heavy atom. The Labute approximate surface area is 129 Å². The van der Waals surface area contributed by atoms with Crippen LogP contribution in [0.3, 0.4) is 0 Å². The van der Waals surface area contributed by atoms with Crippen LogP contribution >= 0.6 is 0 Å². The summed E-state index contributed by atoms with van der Waals surface area (Å²) in [5.41, 5.74) is 2.11. The van der Waals surface area contributed by atoms with Crippen LogP contribution in [0.5, 0.6) is 0 Å². The van der Waals surface area contributed by atoms with Crippen molar-refractivity contribution in [2.45, 2.75) is 25.9 Å². The first kappa shape index (κ1) is 14.5. The molecule has 1 aliphatic rings. The van der Waals surface area contributed by atoms with E-state index in [0.717, 1.165) is 11.1 Å². The molecule has 0 bridgehead atoms. The average molecular weight is 294 g/mol. The minimum Gasteiger partial charge on any atom is -0.273 e. The van der Waals surface area contributed by atoms with Crippen molar-refractivity contribution in [2.24, 2.45) is 0 Å². The third kappa shape index (κ3) is 2.31. The summed E-state index contributed by atoms with van der Waals surface area (Å²) in [6.07, 6.45) is 0. The van der Waals surface area contributed by atoms with Gasteiger partial charge in [0.05, 0.1) is 6.04 Å². The number of rotatable bonds is 3. The van der Waals surface area contributed by atoms with E-state index in [2.05, 4.69) is 0 Å². The lowest BCUT2D eigenvalue weighted by atomic mass is 9.95. The monoisotopic (exact) mass is 294 g/mol. The minimum atomic E-state index is -0.311. The van der Waals surface area contributed by atoms with E-state index in [4.69, 9.17) is 0 Å². The van der Waals surface area contributed by atoms with Crippen LogP contribution in [0.4, 0.5) is 0 Å². The van der Waals surface area contributed by atoms with Crippen molar-refractivity contribution >= 4 is 11.8 Å². The maximum Gasteiger partial charge on any atom is 0.262 e. The van der Waals surface area contributed by atoms with Gasteiger partial charge >= 0.3 is 0 Å². The van der Waals surface area contributed by atoms with Crippen LogP contribution in [0.1, 0.15) is 31.0 Å². The topological polar surface area (TPSA) is 40.6 Å². The van der Waals surface area contributed by atoms with Gasteiger partial charge < -0.3 is 0 Å². The summed E-state index contributed by atoms with van der Waals surface area (Å²) in [5, 5.41) is 3.10. The van der Waals surface area contributed by atoms with Crippen molar-refractivity contribution < 1.29 is 9.59 Å². The molecular formula is C18H18N2O2. The molecule has 0 aromatic heterocycles. The van der Waals surface area contributed by atoms with Gasteiger partial charge in [-0.15, -0.1) is 0 Å². The maximum atomic E-state index is 12.0. The summed E-state index contributed by atoms with van der Waals surface area (Å²) in [6, 6.07) is 19.4. The number of hydrogen-bond donors (Lipinski definition) is 0. The smallest absolute Gasteiger partial charge is 0.262 e. The molecule has 0 saturated carbocycles. The minimum absolute atomic E-state index is 0.149. The van der Waals surface area contributed by atoms with E-state index < -0.39 is 0 Å². The molecule has 112 valence electrons. The van der Waals surface area contributed by atoms with E-state index in [1.54, 1.807) is 0 Å². The van der Waals surface area contributed by atoms with Gasteiger partial charge in [-0.05, 0) is 18.1 Å². The molecule has 4 nitrogen and oxygen atoms in total. The molecule has 2 amide bonds. The lowest BCUT2D eigenvalue weighted by Gasteiger charge is -2.50. The van der Waals surface area contributed by atoms with Gasteiger partial charge in [0.1, 0.15) is 6.04 Å². The zero-order chi connectivity index (χ0) is 15.7. The quantitative estimate of drug-likeness (QED) is 0.874. The predicted octanol–water partition coefficient (Wildman–Crippen LogP) is 2.77. The fourth-order valence-corrected chi connectivity index (χ4v) is 2.95. The molecule has 0 radical (unpaired) electrons. The highest BCUT2D eigenvalue weighted by molar-refractivity contribution is 6.00. The normalized spacial score (nSPS) is 18.4. The van der Waals surface area contributed by atoms with E-state index in [0.29, 0.717) is 0 Å². The van der Waals surface area contributed by atoms with Gasteiger partial charge in [0.25, 0.3) is 5.91 Å². The molecule has 2 aromatic rings. The first-order valence-corrected chi connectivity index (χ1v) is 7.34. The van der Waals surface area contributed by atoms with Gasteiger partial charge in [-0.2, -0.15) is 5.01 Å². The molecule has 1 aliphatic heterocycles. The Morgan fingerprint density at radius 1 is 0.955 bits per heavy atom. The molecule has 1 fully saturated rings. The van der Waals surface area contributed by atoms with Crippen LogP contribution < -0.4 is 0 Å². The lowest BCUT2D eigenvalue weighted by molar-refractivity contribution is -0.202. The Hall–Kier alpha value is -2.46. The van der Waals surface area contributed by atoms with Crippen molar-refractivity contribution in [3.8, 4) is 0 Å². The molecule has 22 heavy (non-hydrogen) atoms. The van der Waals surface area contributed by atoms with E-state index >= 15 is 0 Å². The third-order valence-corrected chi connectivity index (χ3v) is 3.99. The summed E-state index contributed by atoms with van der Waals surface area (Å²) in [4.78, 5) is 23.9. The summed E-state index contributed by atoms with van der Waals surface area (Å²) in [5.74, 6) is -0.399. The fourth-order valence-electron chi connectivity index (χ4n) is 2.95. The number of carbonyl (C=O) groups is 2. The summed E-state index contributed by atoms with van der Waals surface area (Å²) in [6.45, 7) is 3.25. The van der Waals surface area contributed by atoms with E-state index in [-0.39, 0.29) is 23.9 Å². The number of hydrogen-bond acceptors (Lipinski definition) is 3. The molecule has 1 saturated heterocycles. The second-order valence-electron chi connectivity index (χ2n) is 5.45. The molecule has 0 spiro atoms. The van der Waals surface area contributed by atoms with E-state index in [9.17, 15) is 9.59 Å². The largest absolute Gasteiger partial charge is 0.273 e. The molecule has 0 aliphatic carbocycles. The van der Waals surface area contributed by atoms with Gasteiger partial charge in [0.2, 0.25) is 5.91 Å². The molecular weight excluding hydrogens is 276 g/mol. The molecule has 1 atom stereocenters. The summed E-state index contributed by atoms with van der Waals surface area (Å²) >= 11 is 0. The van der Waals surface area contributed by atoms with Gasteiger partial charge in [0, 0.05) is 6.92 Å². The van der Waals surface area contributed by atoms with Gasteiger partial charge in [0.15, 0.2) is 0 Å². The number of benzene rings is 2. The number of carbonyl (C=O) groups excluding carboxylic acids is 2. The standard InChI is InChI=1S/C18H18N2O2/c1-13-18(22)20(14(2)21)19(13)17(15-9-5-3-6-10-15)16-11-7-4-8-12-16/h3-13,17H,1-2H3. The first-order chi connectivity index (χ1) is 10.6. The van der Waals surface area contributed by atoms with Crippen molar-refractivity contribution in [3.63, 3.8) is 0 Å². The molecule has 3 rings (SSSR count). The summed E-state index contributed by atoms with van der Waals surface area (Å²) < 4.78 is 0. The van der Waals surface area contributed by atoms with Gasteiger partial charge in [-0.1, -0.05) is 60.7 Å². The van der Waals surface area contributed by atoms with Crippen LogP contribution in [-0.2, 0) is 9.59 Å². The Bertz CT molecular complexity index is 645. The number of nitrogens with zero attached hydrogens (tertiary/aromatic N) is 2. The third-order valence-electron chi connectivity index (χ3n) is 3.99. The molecule has 0 N–H and O–H groups in total. The van der Waals surface area contributed by atoms with Crippen LogP contribution in [0.2, 0.25) is 0 Å². The molecule has 1 heterocycles. The maximum absolute atomic E-state index is 12.0. The van der Waals surface area contributed by atoms with Gasteiger partial charge in [-0.3, -0.25) is 9.59 Å². The highest BCUT2D eigenvalue weighted by Gasteiger charge is 2.49.